The summed E-state index contributed by atoms with van der Waals surface area (Å²) in [6.07, 6.45) is 3.37. The molecule has 0 saturated heterocycles. The molecule has 1 aliphatic heterocycles. The van der Waals surface area contributed by atoms with Crippen LogP contribution in [0.15, 0.2) is 23.1 Å². The van der Waals surface area contributed by atoms with Crippen molar-refractivity contribution in [2.45, 2.75) is 35.3 Å². The van der Waals surface area contributed by atoms with E-state index < -0.39 is 0 Å². The van der Waals surface area contributed by atoms with Crippen LogP contribution in [0.2, 0.25) is 0 Å². The van der Waals surface area contributed by atoms with Crippen LogP contribution in [0.5, 0.6) is 0 Å². The van der Waals surface area contributed by atoms with Crippen molar-refractivity contribution in [1.29, 1.82) is 0 Å². The minimum Gasteiger partial charge on any atom is -0.313 e. The van der Waals surface area contributed by atoms with Crippen molar-refractivity contribution >= 4 is 23.5 Å². The van der Waals surface area contributed by atoms with Gasteiger partial charge in [-0.05, 0) is 43.0 Å². The second-order valence-corrected chi connectivity index (χ2v) is 6.57. The molecule has 1 aliphatic rings. The molecule has 3 heteroatoms. The molecule has 2 rings (SSSR count). The van der Waals surface area contributed by atoms with Gasteiger partial charge in [0.2, 0.25) is 0 Å². The Morgan fingerprint density at radius 2 is 2.25 bits per heavy atom. The molecule has 1 aromatic carbocycles. The van der Waals surface area contributed by atoms with Crippen LogP contribution in [0.3, 0.4) is 0 Å². The number of fused-ring (bicyclic) bond motifs is 1. The molecule has 1 heterocycles. The molecular formula is C13H19NS2. The molecule has 2 unspecified atom stereocenters. The van der Waals surface area contributed by atoms with Crippen LogP contribution in [0, 0.1) is 0 Å². The predicted octanol–water partition coefficient (Wildman–Crippen LogP) is 3.69. The zero-order valence-electron chi connectivity index (χ0n) is 10.1. The first-order chi connectivity index (χ1) is 7.74. The molecular weight excluding hydrogens is 234 g/mol. The van der Waals surface area contributed by atoms with Gasteiger partial charge in [-0.1, -0.05) is 13.0 Å². The first-order valence-electron chi connectivity index (χ1n) is 5.70. The fraction of sp³-hybridized carbons (Fsp3) is 0.538. The molecule has 0 saturated carbocycles. The van der Waals surface area contributed by atoms with Crippen molar-refractivity contribution in [2.24, 2.45) is 0 Å². The van der Waals surface area contributed by atoms with E-state index in [-0.39, 0.29) is 0 Å². The minimum atomic E-state index is 0.520. The molecule has 0 aromatic heterocycles. The van der Waals surface area contributed by atoms with Gasteiger partial charge in [0.05, 0.1) is 0 Å². The summed E-state index contributed by atoms with van der Waals surface area (Å²) in [4.78, 5) is 1.37. The maximum absolute atomic E-state index is 3.46. The third-order valence-electron chi connectivity index (χ3n) is 3.17. The van der Waals surface area contributed by atoms with Crippen LogP contribution < -0.4 is 5.32 Å². The van der Waals surface area contributed by atoms with E-state index in [0.717, 1.165) is 11.0 Å². The fourth-order valence-electron chi connectivity index (χ4n) is 2.19. The summed E-state index contributed by atoms with van der Waals surface area (Å²) < 4.78 is 0. The van der Waals surface area contributed by atoms with Gasteiger partial charge >= 0.3 is 0 Å². The normalized spacial score (nSPS) is 24.9. The Kier molecular flexibility index (Phi) is 4.22. The molecule has 16 heavy (non-hydrogen) atoms. The van der Waals surface area contributed by atoms with E-state index in [1.54, 1.807) is 0 Å². The van der Waals surface area contributed by atoms with Gasteiger partial charge in [0, 0.05) is 21.9 Å². The maximum Gasteiger partial charge on any atom is 0.0331 e. The van der Waals surface area contributed by atoms with Gasteiger partial charge < -0.3 is 5.32 Å². The largest absolute Gasteiger partial charge is 0.313 e. The smallest absolute Gasteiger partial charge is 0.0331 e. The van der Waals surface area contributed by atoms with E-state index in [1.807, 2.05) is 11.8 Å². The molecule has 1 nitrogen and oxygen atoms in total. The van der Waals surface area contributed by atoms with Crippen LogP contribution in [-0.4, -0.2) is 18.6 Å². The lowest BCUT2D eigenvalue weighted by Gasteiger charge is -2.18. The molecule has 0 fully saturated rings. The average Bonchev–Trinajstić information content (AvgIpc) is 2.48. The van der Waals surface area contributed by atoms with E-state index >= 15 is 0 Å². The molecule has 1 N–H and O–H groups in total. The highest BCUT2D eigenvalue weighted by atomic mass is 32.2. The molecule has 1 aromatic rings. The van der Waals surface area contributed by atoms with E-state index in [4.69, 9.17) is 0 Å². The molecule has 2 atom stereocenters. The molecule has 0 amide bonds. The van der Waals surface area contributed by atoms with Crippen LogP contribution >= 0.6 is 23.5 Å². The third-order valence-corrected chi connectivity index (χ3v) is 5.13. The lowest BCUT2D eigenvalue weighted by Crippen LogP contribution is -2.19. The van der Waals surface area contributed by atoms with Crippen molar-refractivity contribution in [3.8, 4) is 0 Å². The monoisotopic (exact) mass is 253 g/mol. The summed E-state index contributed by atoms with van der Waals surface area (Å²) in [6, 6.07) is 7.43. The predicted molar refractivity (Wildman–Crippen MR) is 75.4 cm³/mol. The van der Waals surface area contributed by atoms with Crippen LogP contribution in [0.25, 0.3) is 0 Å². The highest BCUT2D eigenvalue weighted by Crippen LogP contribution is 2.36. The summed E-state index contributed by atoms with van der Waals surface area (Å²) >= 11 is 3.89. The summed E-state index contributed by atoms with van der Waals surface area (Å²) in [5.74, 6) is 1.16. The summed E-state index contributed by atoms with van der Waals surface area (Å²) in [5, 5.41) is 4.20. The first-order valence-corrected chi connectivity index (χ1v) is 7.97. The van der Waals surface area contributed by atoms with E-state index in [9.17, 15) is 0 Å². The van der Waals surface area contributed by atoms with Crippen LogP contribution in [0.1, 0.15) is 30.5 Å². The topological polar surface area (TPSA) is 12.0 Å². The lowest BCUT2D eigenvalue weighted by molar-refractivity contribution is 0.548. The van der Waals surface area contributed by atoms with Crippen LogP contribution in [-0.2, 0) is 5.75 Å². The van der Waals surface area contributed by atoms with Gasteiger partial charge in [-0.2, -0.15) is 11.8 Å². The Morgan fingerprint density at radius 1 is 1.44 bits per heavy atom. The maximum atomic E-state index is 3.46. The molecule has 0 bridgehead atoms. The van der Waals surface area contributed by atoms with Gasteiger partial charge in [-0.25, -0.2) is 0 Å². The Morgan fingerprint density at radius 3 is 2.94 bits per heavy atom. The quantitative estimate of drug-likeness (QED) is 0.807. The van der Waals surface area contributed by atoms with Gasteiger partial charge in [-0.3, -0.25) is 0 Å². The Labute approximate surface area is 107 Å². The summed E-state index contributed by atoms with van der Waals surface area (Å²) in [5.41, 5.74) is 3.01. The van der Waals surface area contributed by atoms with Gasteiger partial charge in [0.1, 0.15) is 0 Å². The second-order valence-electron chi connectivity index (χ2n) is 4.26. The number of hydrogen-bond donors (Lipinski definition) is 1. The Balaban J connectivity index is 2.37. The third kappa shape index (κ3) is 2.58. The summed E-state index contributed by atoms with van der Waals surface area (Å²) in [6.45, 7) is 2.33. The molecule has 0 spiro atoms. The van der Waals surface area contributed by atoms with Crippen molar-refractivity contribution in [2.75, 3.05) is 13.3 Å². The van der Waals surface area contributed by atoms with Crippen molar-refractivity contribution in [3.63, 3.8) is 0 Å². The molecule has 0 aliphatic carbocycles. The molecule has 0 radical (unpaired) electrons. The number of rotatable bonds is 2. The number of nitrogens with one attached hydrogen (secondary N) is 1. The highest BCUT2D eigenvalue weighted by molar-refractivity contribution is 7.99. The number of hydrogen-bond acceptors (Lipinski definition) is 3. The number of benzene rings is 1. The lowest BCUT2D eigenvalue weighted by atomic mass is 9.98. The highest BCUT2D eigenvalue weighted by Gasteiger charge is 2.21. The van der Waals surface area contributed by atoms with E-state index in [2.05, 4.69) is 55.5 Å². The number of thioether (sulfide) groups is 2. The van der Waals surface area contributed by atoms with E-state index in [0.29, 0.717) is 6.04 Å². The SMILES string of the molecule is CNC1CC(C)SCc2ccc(SC)cc21. The van der Waals surface area contributed by atoms with Crippen LogP contribution in [0.4, 0.5) is 0 Å². The Bertz CT molecular complexity index is 365. The Hall–Kier alpha value is -0.120. The van der Waals surface area contributed by atoms with Crippen molar-refractivity contribution < 1.29 is 0 Å². The zero-order valence-corrected chi connectivity index (χ0v) is 11.8. The van der Waals surface area contributed by atoms with Gasteiger partial charge in [-0.15, -0.1) is 11.8 Å². The standard InChI is InChI=1S/C13H19NS2/c1-9-6-13(14-2)12-7-11(15-3)5-4-10(12)8-16-9/h4-5,7,9,13-14H,6,8H2,1-3H3. The average molecular weight is 253 g/mol. The zero-order chi connectivity index (χ0) is 11.5. The fourth-order valence-corrected chi connectivity index (χ4v) is 3.69. The van der Waals surface area contributed by atoms with Gasteiger partial charge in [0.25, 0.3) is 0 Å². The van der Waals surface area contributed by atoms with E-state index in [1.165, 1.54) is 22.4 Å². The molecule has 88 valence electrons. The first kappa shape index (κ1) is 12.3. The minimum absolute atomic E-state index is 0.520. The second kappa shape index (κ2) is 5.48. The summed E-state index contributed by atoms with van der Waals surface area (Å²) in [7, 11) is 2.07. The van der Waals surface area contributed by atoms with Gasteiger partial charge in [0.15, 0.2) is 0 Å². The van der Waals surface area contributed by atoms with Crippen molar-refractivity contribution in [3.05, 3.63) is 29.3 Å². The van der Waals surface area contributed by atoms with Crippen molar-refractivity contribution in [1.82, 2.24) is 5.32 Å².